The maximum absolute atomic E-state index is 12.4. The largest absolute Gasteiger partial charge is 0.375 e. The molecule has 2 aromatic carbocycles. The molecule has 5 nitrogen and oxygen atoms in total. The van der Waals surface area contributed by atoms with Gasteiger partial charge in [0.25, 0.3) is 11.1 Å². The van der Waals surface area contributed by atoms with Crippen LogP contribution in [0.5, 0.6) is 0 Å². The Hall–Kier alpha value is -2.47. The maximum Gasteiger partial charge on any atom is 0.285 e. The van der Waals surface area contributed by atoms with E-state index in [-0.39, 0.29) is 11.1 Å². The second-order valence-electron chi connectivity index (χ2n) is 6.56. The van der Waals surface area contributed by atoms with Crippen LogP contribution in [0.15, 0.2) is 53.4 Å². The zero-order valence-corrected chi connectivity index (χ0v) is 17.2. The van der Waals surface area contributed by atoms with E-state index in [4.69, 9.17) is 0 Å². The summed E-state index contributed by atoms with van der Waals surface area (Å²) in [5, 5.41) is 2.86. The first-order chi connectivity index (χ1) is 12.9. The summed E-state index contributed by atoms with van der Waals surface area (Å²) in [7, 11) is 5.50. The lowest BCUT2D eigenvalue weighted by atomic mass is 10.1. The molecule has 0 aliphatic rings. The van der Waals surface area contributed by atoms with E-state index in [1.165, 1.54) is 4.90 Å². The van der Waals surface area contributed by atoms with Crippen LogP contribution in [-0.2, 0) is 0 Å². The second kappa shape index (κ2) is 10.0. The van der Waals surface area contributed by atoms with E-state index in [0.29, 0.717) is 11.3 Å². The van der Waals surface area contributed by atoms with Gasteiger partial charge in [-0.1, -0.05) is 13.3 Å². The summed E-state index contributed by atoms with van der Waals surface area (Å²) >= 11 is 1.16. The molecule has 0 fully saturated rings. The molecule has 27 heavy (non-hydrogen) atoms. The van der Waals surface area contributed by atoms with Gasteiger partial charge in [-0.15, -0.1) is 0 Å². The fourth-order valence-electron chi connectivity index (χ4n) is 2.39. The van der Waals surface area contributed by atoms with E-state index in [1.54, 1.807) is 26.2 Å². The molecule has 0 saturated heterocycles. The number of hydrogen-bond acceptors (Lipinski definition) is 4. The number of rotatable bonds is 7. The van der Waals surface area contributed by atoms with Crippen LogP contribution in [0.3, 0.4) is 0 Å². The van der Waals surface area contributed by atoms with Crippen LogP contribution in [-0.4, -0.2) is 43.7 Å². The summed E-state index contributed by atoms with van der Waals surface area (Å²) in [6, 6.07) is 14.9. The van der Waals surface area contributed by atoms with Gasteiger partial charge in [0.1, 0.15) is 0 Å². The van der Waals surface area contributed by atoms with Crippen LogP contribution in [0.25, 0.3) is 0 Å². The van der Waals surface area contributed by atoms with Crippen molar-refractivity contribution in [1.82, 2.24) is 4.90 Å². The zero-order valence-electron chi connectivity index (χ0n) is 16.4. The Labute approximate surface area is 165 Å². The highest BCUT2D eigenvalue weighted by Gasteiger charge is 2.09. The SMILES string of the molecule is CCCCN(C)c1ccc(C(=O)Nc2ccc(SC(=O)N(C)C)cc2)cc1. The highest BCUT2D eigenvalue weighted by molar-refractivity contribution is 8.13. The van der Waals surface area contributed by atoms with E-state index >= 15 is 0 Å². The molecule has 0 atom stereocenters. The lowest BCUT2D eigenvalue weighted by molar-refractivity contribution is 0.102. The summed E-state index contributed by atoms with van der Waals surface area (Å²) in [4.78, 5) is 28.7. The van der Waals surface area contributed by atoms with Crippen molar-refractivity contribution in [2.45, 2.75) is 24.7 Å². The fraction of sp³-hybridized carbons (Fsp3) is 0.333. The summed E-state index contributed by atoms with van der Waals surface area (Å²) < 4.78 is 0. The van der Waals surface area contributed by atoms with Crippen molar-refractivity contribution < 1.29 is 9.59 Å². The number of unbranched alkanes of at least 4 members (excludes halogenated alkanes) is 1. The third-order valence-electron chi connectivity index (χ3n) is 4.10. The normalized spacial score (nSPS) is 10.4. The molecular weight excluding hydrogens is 358 g/mol. The number of nitrogens with zero attached hydrogens (tertiary/aromatic N) is 2. The molecule has 1 N–H and O–H groups in total. The summed E-state index contributed by atoms with van der Waals surface area (Å²) in [6.45, 7) is 3.18. The van der Waals surface area contributed by atoms with Gasteiger partial charge in [0.05, 0.1) is 0 Å². The van der Waals surface area contributed by atoms with Crippen molar-refractivity contribution in [3.05, 3.63) is 54.1 Å². The molecule has 0 bridgehead atoms. The number of anilines is 2. The van der Waals surface area contributed by atoms with Crippen LogP contribution in [0.2, 0.25) is 0 Å². The van der Waals surface area contributed by atoms with E-state index < -0.39 is 0 Å². The highest BCUT2D eigenvalue weighted by Crippen LogP contribution is 2.23. The first-order valence-electron chi connectivity index (χ1n) is 9.02. The van der Waals surface area contributed by atoms with Crippen LogP contribution >= 0.6 is 11.8 Å². The molecule has 144 valence electrons. The zero-order chi connectivity index (χ0) is 19.8. The molecule has 0 unspecified atom stereocenters. The standard InChI is InChI=1S/C21H27N3O2S/c1-5-6-15-24(4)18-11-7-16(8-12-18)20(25)22-17-9-13-19(14-10-17)27-21(26)23(2)3/h7-14H,5-6,15H2,1-4H3,(H,22,25). The minimum Gasteiger partial charge on any atom is -0.375 e. The third-order valence-corrected chi connectivity index (χ3v) is 5.15. The van der Waals surface area contributed by atoms with E-state index in [2.05, 4.69) is 24.2 Å². The first-order valence-corrected chi connectivity index (χ1v) is 9.84. The number of nitrogens with one attached hydrogen (secondary N) is 1. The lowest BCUT2D eigenvalue weighted by Crippen LogP contribution is -2.18. The van der Waals surface area contributed by atoms with Gasteiger partial charge in [0, 0.05) is 49.5 Å². The van der Waals surface area contributed by atoms with Gasteiger partial charge < -0.3 is 15.1 Å². The van der Waals surface area contributed by atoms with Crippen molar-refractivity contribution in [2.24, 2.45) is 0 Å². The molecule has 0 spiro atoms. The number of amides is 2. The molecule has 2 amide bonds. The Morgan fingerprint density at radius 2 is 1.59 bits per heavy atom. The number of carbonyl (C=O) groups is 2. The first kappa shape index (κ1) is 20.8. The van der Waals surface area contributed by atoms with Crippen molar-refractivity contribution >= 4 is 34.3 Å². The number of thioether (sulfide) groups is 1. The molecule has 0 aromatic heterocycles. The molecule has 2 rings (SSSR count). The van der Waals surface area contributed by atoms with Gasteiger partial charge in [0.2, 0.25) is 0 Å². The van der Waals surface area contributed by atoms with Gasteiger partial charge in [0.15, 0.2) is 0 Å². The maximum atomic E-state index is 12.4. The van der Waals surface area contributed by atoms with Crippen LogP contribution in [0, 0.1) is 0 Å². The van der Waals surface area contributed by atoms with E-state index in [1.807, 2.05) is 36.4 Å². The fourth-order valence-corrected chi connectivity index (χ4v) is 3.05. The van der Waals surface area contributed by atoms with Crippen molar-refractivity contribution in [1.29, 1.82) is 0 Å². The van der Waals surface area contributed by atoms with Crippen molar-refractivity contribution in [3.8, 4) is 0 Å². The summed E-state index contributed by atoms with van der Waals surface area (Å²) in [6.07, 6.45) is 2.30. The summed E-state index contributed by atoms with van der Waals surface area (Å²) in [5.74, 6) is -0.150. The average molecular weight is 386 g/mol. The number of hydrogen-bond donors (Lipinski definition) is 1. The monoisotopic (exact) mass is 385 g/mol. The average Bonchev–Trinajstić information content (AvgIpc) is 2.67. The van der Waals surface area contributed by atoms with Crippen molar-refractivity contribution in [2.75, 3.05) is 37.9 Å². The number of benzene rings is 2. The Bertz CT molecular complexity index is 758. The predicted octanol–water partition coefficient (Wildman–Crippen LogP) is 4.95. The quantitative estimate of drug-likeness (QED) is 0.685. The Balaban J connectivity index is 1.95. The molecule has 0 aliphatic heterocycles. The van der Waals surface area contributed by atoms with Crippen LogP contribution < -0.4 is 10.2 Å². The van der Waals surface area contributed by atoms with Crippen LogP contribution in [0.4, 0.5) is 16.2 Å². The molecule has 6 heteroatoms. The molecule has 0 saturated carbocycles. The predicted molar refractivity (Wildman–Crippen MR) is 114 cm³/mol. The molecular formula is C21H27N3O2S. The Kier molecular flexibility index (Phi) is 7.73. The van der Waals surface area contributed by atoms with Crippen LogP contribution in [0.1, 0.15) is 30.1 Å². The van der Waals surface area contributed by atoms with Gasteiger partial charge >= 0.3 is 0 Å². The van der Waals surface area contributed by atoms with E-state index in [9.17, 15) is 9.59 Å². The Morgan fingerprint density at radius 3 is 2.15 bits per heavy atom. The molecule has 0 aliphatic carbocycles. The molecule has 0 heterocycles. The van der Waals surface area contributed by atoms with E-state index in [0.717, 1.165) is 41.7 Å². The molecule has 2 aromatic rings. The number of carbonyl (C=O) groups excluding carboxylic acids is 2. The third kappa shape index (κ3) is 6.32. The summed E-state index contributed by atoms with van der Waals surface area (Å²) in [5.41, 5.74) is 2.42. The van der Waals surface area contributed by atoms with Gasteiger partial charge in [-0.25, -0.2) is 0 Å². The molecule has 0 radical (unpaired) electrons. The van der Waals surface area contributed by atoms with Gasteiger partial charge in [-0.3, -0.25) is 9.59 Å². The lowest BCUT2D eigenvalue weighted by Gasteiger charge is -2.19. The minimum atomic E-state index is -0.150. The van der Waals surface area contributed by atoms with Gasteiger partial charge in [-0.2, -0.15) is 0 Å². The smallest absolute Gasteiger partial charge is 0.285 e. The van der Waals surface area contributed by atoms with Crippen molar-refractivity contribution in [3.63, 3.8) is 0 Å². The minimum absolute atomic E-state index is 0.0317. The second-order valence-corrected chi connectivity index (χ2v) is 7.59. The Morgan fingerprint density at radius 1 is 0.963 bits per heavy atom. The van der Waals surface area contributed by atoms with Gasteiger partial charge in [-0.05, 0) is 66.7 Å². The topological polar surface area (TPSA) is 52.7 Å². The highest BCUT2D eigenvalue weighted by atomic mass is 32.2.